The molecule has 1 aliphatic carbocycles. The maximum Gasteiger partial charge on any atom is 0.409 e. The predicted octanol–water partition coefficient (Wildman–Crippen LogP) is 3.83. The lowest BCUT2D eigenvalue weighted by Crippen LogP contribution is -2.48. The highest BCUT2D eigenvalue weighted by Gasteiger charge is 2.42. The van der Waals surface area contributed by atoms with Gasteiger partial charge in [0, 0.05) is 18.4 Å². The lowest BCUT2D eigenvalue weighted by molar-refractivity contribution is -0.170. The first-order chi connectivity index (χ1) is 15.6. The molecule has 0 saturated heterocycles. The van der Waals surface area contributed by atoms with Crippen molar-refractivity contribution < 1.29 is 37.4 Å². The fraction of sp³-hybridized carbons (Fsp3) is 0.348. The second kappa shape index (κ2) is 9.93. The number of halogens is 3. The van der Waals surface area contributed by atoms with Gasteiger partial charge in [-0.3, -0.25) is 9.59 Å². The van der Waals surface area contributed by atoms with Gasteiger partial charge in [0.15, 0.2) is 0 Å². The van der Waals surface area contributed by atoms with Crippen LogP contribution in [-0.2, 0) is 14.3 Å². The zero-order chi connectivity index (χ0) is 24.2. The number of alkyl halides is 3. The molecule has 2 amide bonds. The lowest BCUT2D eigenvalue weighted by Gasteiger charge is -2.21. The molecule has 7 nitrogen and oxygen atoms in total. The van der Waals surface area contributed by atoms with Crippen molar-refractivity contribution in [2.24, 2.45) is 0 Å². The highest BCUT2D eigenvalue weighted by Crippen LogP contribution is 2.44. The number of nitrogens with one attached hydrogen (secondary N) is 2. The molecule has 0 fully saturated rings. The molecule has 2 aromatic carbocycles. The van der Waals surface area contributed by atoms with Crippen LogP contribution in [0.2, 0.25) is 0 Å². The summed E-state index contributed by atoms with van der Waals surface area (Å²) in [5, 5.41) is 12.7. The number of carboxylic acids is 1. The fourth-order valence-electron chi connectivity index (χ4n) is 3.85. The Morgan fingerprint density at radius 1 is 0.970 bits per heavy atom. The third-order valence-electron chi connectivity index (χ3n) is 5.31. The summed E-state index contributed by atoms with van der Waals surface area (Å²) in [4.78, 5) is 34.8. The summed E-state index contributed by atoms with van der Waals surface area (Å²) >= 11 is 0. The monoisotopic (exact) mass is 464 g/mol. The summed E-state index contributed by atoms with van der Waals surface area (Å²) in [5.41, 5.74) is 4.17. The van der Waals surface area contributed by atoms with Crippen molar-refractivity contribution in [3.63, 3.8) is 0 Å². The van der Waals surface area contributed by atoms with Crippen LogP contribution in [0, 0.1) is 0 Å². The van der Waals surface area contributed by atoms with Gasteiger partial charge in [-0.1, -0.05) is 48.5 Å². The van der Waals surface area contributed by atoms with Crippen LogP contribution in [0.15, 0.2) is 48.5 Å². The van der Waals surface area contributed by atoms with Gasteiger partial charge in [0.2, 0.25) is 5.91 Å². The summed E-state index contributed by atoms with van der Waals surface area (Å²) in [6.07, 6.45) is -7.48. The smallest absolute Gasteiger partial charge is 0.409 e. The van der Waals surface area contributed by atoms with E-state index >= 15 is 0 Å². The van der Waals surface area contributed by atoms with E-state index in [1.807, 2.05) is 48.5 Å². The van der Waals surface area contributed by atoms with E-state index in [1.54, 1.807) is 5.32 Å². The summed E-state index contributed by atoms with van der Waals surface area (Å²) in [6, 6.07) is 12.2. The molecule has 10 heteroatoms. The largest absolute Gasteiger partial charge is 0.481 e. The molecular weight excluding hydrogens is 441 g/mol. The molecular formula is C23H23F3N2O5. The van der Waals surface area contributed by atoms with Crippen LogP contribution in [0.1, 0.15) is 36.8 Å². The molecule has 176 valence electrons. The van der Waals surface area contributed by atoms with E-state index in [0.717, 1.165) is 22.3 Å². The summed E-state index contributed by atoms with van der Waals surface area (Å²) in [6.45, 7) is 1.48. The quantitative estimate of drug-likeness (QED) is 0.551. The molecule has 0 saturated carbocycles. The molecule has 0 heterocycles. The number of hydrogen-bond donors (Lipinski definition) is 3. The maximum absolute atomic E-state index is 12.9. The number of ether oxygens (including phenoxy) is 1. The Labute approximate surface area is 187 Å². The first-order valence-electron chi connectivity index (χ1n) is 10.3. The van der Waals surface area contributed by atoms with Gasteiger partial charge in [0.25, 0.3) is 0 Å². The Morgan fingerprint density at radius 2 is 1.52 bits per heavy atom. The van der Waals surface area contributed by atoms with Gasteiger partial charge < -0.3 is 20.5 Å². The number of fused-ring (bicyclic) bond motifs is 3. The second-order valence-electron chi connectivity index (χ2n) is 7.83. The van der Waals surface area contributed by atoms with Gasteiger partial charge in [-0.2, -0.15) is 13.2 Å². The number of carbonyl (C=O) groups is 3. The van der Waals surface area contributed by atoms with Crippen LogP contribution in [0.5, 0.6) is 0 Å². The van der Waals surface area contributed by atoms with E-state index in [1.165, 1.54) is 6.92 Å². The Hall–Kier alpha value is -3.56. The first kappa shape index (κ1) is 24.1. The molecule has 3 N–H and O–H groups in total. The van der Waals surface area contributed by atoms with E-state index in [9.17, 15) is 27.6 Å². The number of amides is 2. The Kier molecular flexibility index (Phi) is 7.25. The number of rotatable bonds is 8. The van der Waals surface area contributed by atoms with Crippen molar-refractivity contribution >= 4 is 18.0 Å². The zero-order valence-corrected chi connectivity index (χ0v) is 17.7. The summed E-state index contributed by atoms with van der Waals surface area (Å²) < 4.78 is 44.0. The van der Waals surface area contributed by atoms with Gasteiger partial charge in [0.1, 0.15) is 12.6 Å². The minimum Gasteiger partial charge on any atom is -0.481 e. The highest BCUT2D eigenvalue weighted by atomic mass is 19.4. The Balaban J connectivity index is 1.53. The normalized spacial score (nSPS) is 14.5. The average molecular weight is 464 g/mol. The molecule has 2 aromatic rings. The Morgan fingerprint density at radius 3 is 2.03 bits per heavy atom. The standard InChI is InChI=1S/C23H23F3N2O5/c1-13(10-20(29)28-19(11-21(30)31)23(24,25)26)27-22(32)33-12-18-16-8-4-2-6-14(16)15-7-3-5-9-17(15)18/h2-9,13,18-19H,10-12H2,1H3,(H,27,32)(H,28,29)(H,30,31). The molecule has 2 unspecified atom stereocenters. The van der Waals surface area contributed by atoms with Crippen LogP contribution in [0.4, 0.5) is 18.0 Å². The van der Waals surface area contributed by atoms with Crippen molar-refractivity contribution in [3.05, 3.63) is 59.7 Å². The molecule has 2 atom stereocenters. The van der Waals surface area contributed by atoms with E-state index in [2.05, 4.69) is 5.32 Å². The molecule has 33 heavy (non-hydrogen) atoms. The van der Waals surface area contributed by atoms with Gasteiger partial charge in [-0.25, -0.2) is 4.79 Å². The minimum absolute atomic E-state index is 0.0491. The third-order valence-corrected chi connectivity index (χ3v) is 5.31. The van der Waals surface area contributed by atoms with Gasteiger partial charge >= 0.3 is 18.2 Å². The highest BCUT2D eigenvalue weighted by molar-refractivity contribution is 5.80. The third kappa shape index (κ3) is 6.03. The number of carboxylic acid groups (broad SMARTS) is 1. The molecule has 0 bridgehead atoms. The van der Waals surface area contributed by atoms with Crippen LogP contribution in [0.3, 0.4) is 0 Å². The van der Waals surface area contributed by atoms with Crippen LogP contribution < -0.4 is 10.6 Å². The van der Waals surface area contributed by atoms with Gasteiger partial charge in [-0.05, 0) is 29.2 Å². The molecule has 1 aliphatic rings. The first-order valence-corrected chi connectivity index (χ1v) is 10.3. The number of hydrogen-bond acceptors (Lipinski definition) is 4. The molecule has 3 rings (SSSR count). The lowest BCUT2D eigenvalue weighted by atomic mass is 9.98. The van der Waals surface area contributed by atoms with Crippen molar-refractivity contribution in [2.45, 2.75) is 43.9 Å². The average Bonchev–Trinajstić information content (AvgIpc) is 3.04. The van der Waals surface area contributed by atoms with Crippen molar-refractivity contribution in [1.82, 2.24) is 10.6 Å². The number of aliphatic carboxylic acids is 1. The van der Waals surface area contributed by atoms with Crippen LogP contribution in [0.25, 0.3) is 11.1 Å². The summed E-state index contributed by atoms with van der Waals surface area (Å²) in [7, 11) is 0. The number of carbonyl (C=O) groups excluding carboxylic acids is 2. The fourth-order valence-corrected chi connectivity index (χ4v) is 3.85. The molecule has 0 spiro atoms. The topological polar surface area (TPSA) is 105 Å². The minimum atomic E-state index is -4.91. The second-order valence-corrected chi connectivity index (χ2v) is 7.83. The van der Waals surface area contributed by atoms with Crippen molar-refractivity contribution in [2.75, 3.05) is 6.61 Å². The van der Waals surface area contributed by atoms with E-state index in [4.69, 9.17) is 9.84 Å². The van der Waals surface area contributed by atoms with Gasteiger partial charge in [-0.15, -0.1) is 0 Å². The van der Waals surface area contributed by atoms with E-state index in [0.29, 0.717) is 0 Å². The Bertz CT molecular complexity index is 995. The van der Waals surface area contributed by atoms with Crippen molar-refractivity contribution in [1.29, 1.82) is 0 Å². The van der Waals surface area contributed by atoms with Crippen LogP contribution >= 0.6 is 0 Å². The number of alkyl carbamates (subject to hydrolysis) is 1. The van der Waals surface area contributed by atoms with Gasteiger partial charge in [0.05, 0.1) is 6.42 Å². The number of benzene rings is 2. The molecule has 0 aliphatic heterocycles. The zero-order valence-electron chi connectivity index (χ0n) is 17.7. The van der Waals surface area contributed by atoms with Crippen LogP contribution in [-0.4, -0.2) is 47.9 Å². The van der Waals surface area contributed by atoms with E-state index < -0.39 is 49.1 Å². The van der Waals surface area contributed by atoms with Crippen molar-refractivity contribution in [3.8, 4) is 11.1 Å². The maximum atomic E-state index is 12.9. The molecule has 0 aromatic heterocycles. The molecule has 0 radical (unpaired) electrons. The van der Waals surface area contributed by atoms with E-state index in [-0.39, 0.29) is 12.5 Å². The SMILES string of the molecule is CC(CC(=O)NC(CC(=O)O)C(F)(F)F)NC(=O)OCC1c2ccccc2-c2ccccc21. The predicted molar refractivity (Wildman–Crippen MR) is 113 cm³/mol. The summed E-state index contributed by atoms with van der Waals surface area (Å²) in [5.74, 6) is -2.89.